The van der Waals surface area contributed by atoms with Gasteiger partial charge in [0.1, 0.15) is 0 Å². The molecule has 7 heteroatoms. The smallest absolute Gasteiger partial charge is 0.226 e. The van der Waals surface area contributed by atoms with Crippen LogP contribution in [0.3, 0.4) is 0 Å². The molecule has 0 aliphatic rings. The molecule has 4 nitrogen and oxygen atoms in total. The van der Waals surface area contributed by atoms with Crippen molar-refractivity contribution in [3.8, 4) is 0 Å². The van der Waals surface area contributed by atoms with Crippen molar-refractivity contribution >= 4 is 46.3 Å². The fraction of sp³-hybridized carbons (Fsp3) is 0.867. The lowest BCUT2D eigenvalue weighted by Crippen LogP contribution is -2.17. The molecule has 0 aromatic carbocycles. The molecule has 0 spiro atoms. The molecular formula is C15H33ClO4S2. The second-order valence-corrected chi connectivity index (χ2v) is 7.94. The predicted octanol–water partition coefficient (Wildman–Crippen LogP) is 3.63. The van der Waals surface area contributed by atoms with E-state index in [1.54, 1.807) is 20.8 Å². The van der Waals surface area contributed by atoms with Gasteiger partial charge in [0, 0.05) is 22.3 Å². The van der Waals surface area contributed by atoms with Crippen LogP contribution in [0.1, 0.15) is 49.0 Å². The van der Waals surface area contributed by atoms with Crippen LogP contribution in [0.4, 0.5) is 0 Å². The molecule has 0 aromatic rings. The van der Waals surface area contributed by atoms with E-state index in [1.165, 1.54) is 11.8 Å². The van der Waals surface area contributed by atoms with Crippen LogP contribution in [0.15, 0.2) is 0 Å². The summed E-state index contributed by atoms with van der Waals surface area (Å²) in [6, 6.07) is 0. The van der Waals surface area contributed by atoms with Gasteiger partial charge in [0.15, 0.2) is 5.12 Å². The molecule has 0 saturated carbocycles. The molecule has 0 aliphatic heterocycles. The monoisotopic (exact) mass is 376 g/mol. The highest BCUT2D eigenvalue weighted by molar-refractivity contribution is 8.13. The first-order valence-electron chi connectivity index (χ1n) is 6.54. The van der Waals surface area contributed by atoms with Crippen molar-refractivity contribution in [2.75, 3.05) is 24.7 Å². The average Bonchev–Trinajstić information content (AvgIpc) is 2.34. The summed E-state index contributed by atoms with van der Waals surface area (Å²) in [5.41, 5.74) is -0.651. The second-order valence-electron chi connectivity index (χ2n) is 6.08. The van der Waals surface area contributed by atoms with Gasteiger partial charge in [-0.1, -0.05) is 60.7 Å². The normalized spacial score (nSPS) is 10.3. The van der Waals surface area contributed by atoms with Gasteiger partial charge in [0.05, 0.1) is 13.2 Å². The van der Waals surface area contributed by atoms with E-state index in [0.717, 1.165) is 0 Å². The molecule has 0 aromatic heterocycles. The fourth-order valence-electron chi connectivity index (χ4n) is 0.355. The Balaban J connectivity index is -0.000000118. The molecule has 22 heavy (non-hydrogen) atoms. The third kappa shape index (κ3) is 25.2. The van der Waals surface area contributed by atoms with Crippen LogP contribution < -0.4 is 0 Å². The lowest BCUT2D eigenvalue weighted by atomic mass is 10.00. The molecule has 0 unspecified atom stereocenters. The van der Waals surface area contributed by atoms with Crippen molar-refractivity contribution in [2.24, 2.45) is 10.8 Å². The van der Waals surface area contributed by atoms with E-state index in [9.17, 15) is 9.59 Å². The minimum atomic E-state index is -0.373. The minimum absolute atomic E-state index is 0. The van der Waals surface area contributed by atoms with E-state index in [2.05, 4.69) is 12.6 Å². The average molecular weight is 377 g/mol. The van der Waals surface area contributed by atoms with Crippen LogP contribution in [0.5, 0.6) is 0 Å². The Morgan fingerprint density at radius 2 is 1.32 bits per heavy atom. The fourth-order valence-corrected chi connectivity index (χ4v) is 1.06. The van der Waals surface area contributed by atoms with E-state index in [-0.39, 0.29) is 41.8 Å². The first kappa shape index (κ1) is 30.2. The second kappa shape index (κ2) is 16.1. The van der Waals surface area contributed by atoms with Gasteiger partial charge in [-0.2, -0.15) is 12.6 Å². The number of aliphatic hydroxyl groups excluding tert-OH is 2. The van der Waals surface area contributed by atoms with Crippen molar-refractivity contribution in [3.05, 3.63) is 0 Å². The van der Waals surface area contributed by atoms with Gasteiger partial charge >= 0.3 is 0 Å². The summed E-state index contributed by atoms with van der Waals surface area (Å²) in [6.07, 6.45) is 0. The Labute approximate surface area is 150 Å². The van der Waals surface area contributed by atoms with Crippen molar-refractivity contribution < 1.29 is 19.8 Å². The highest BCUT2D eigenvalue weighted by atomic mass is 35.5. The summed E-state index contributed by atoms with van der Waals surface area (Å²) in [5, 5.41) is 16.1. The largest absolute Gasteiger partial charge is 0.396 e. The van der Waals surface area contributed by atoms with E-state index in [4.69, 9.17) is 21.8 Å². The van der Waals surface area contributed by atoms with Crippen LogP contribution in [-0.4, -0.2) is 45.3 Å². The third-order valence-corrected chi connectivity index (χ3v) is 3.65. The molecule has 136 valence electrons. The van der Waals surface area contributed by atoms with Gasteiger partial charge in [-0.05, 0) is 11.6 Å². The number of halogens is 1. The molecule has 0 rings (SSSR count). The Kier molecular flexibility index (Phi) is 22.1. The molecule has 0 atom stereocenters. The highest BCUT2D eigenvalue weighted by Gasteiger charge is 2.20. The lowest BCUT2D eigenvalue weighted by molar-refractivity contribution is -0.118. The summed E-state index contributed by atoms with van der Waals surface area (Å²) in [6.45, 7) is 11.2. The molecule has 0 saturated heterocycles. The molecule has 0 radical (unpaired) electrons. The molecule has 0 heterocycles. The molecule has 0 aliphatic carbocycles. The Morgan fingerprint density at radius 1 is 1.00 bits per heavy atom. The van der Waals surface area contributed by atoms with E-state index >= 15 is 0 Å². The molecule has 0 amide bonds. The predicted molar refractivity (Wildman–Crippen MR) is 102 cm³/mol. The summed E-state index contributed by atoms with van der Waals surface area (Å²) in [7, 11) is 0. The molecule has 0 fully saturated rings. The van der Waals surface area contributed by atoms with Crippen LogP contribution in [0.25, 0.3) is 0 Å². The highest BCUT2D eigenvalue weighted by Crippen LogP contribution is 2.22. The molecule has 2 N–H and O–H groups in total. The Bertz CT molecular complexity index is 282. The number of aliphatic hydroxyl groups is 2. The lowest BCUT2D eigenvalue weighted by Gasteiger charge is -2.14. The van der Waals surface area contributed by atoms with Gasteiger partial charge in [-0.25, -0.2) is 0 Å². The van der Waals surface area contributed by atoms with Crippen molar-refractivity contribution in [1.82, 2.24) is 0 Å². The number of carbonyl (C=O) groups excluding carboxylic acids is 2. The van der Waals surface area contributed by atoms with Crippen molar-refractivity contribution in [2.45, 2.75) is 49.0 Å². The van der Waals surface area contributed by atoms with Gasteiger partial charge in [-0.15, -0.1) is 0 Å². The Hall–Kier alpha value is 0.250. The van der Waals surface area contributed by atoms with Gasteiger partial charge in [0.2, 0.25) is 5.24 Å². The zero-order valence-corrected chi connectivity index (χ0v) is 16.2. The first-order chi connectivity index (χ1) is 9.34. The van der Waals surface area contributed by atoms with E-state index in [1.807, 2.05) is 20.8 Å². The van der Waals surface area contributed by atoms with Crippen molar-refractivity contribution in [1.29, 1.82) is 0 Å². The van der Waals surface area contributed by atoms with Crippen LogP contribution in [0.2, 0.25) is 0 Å². The van der Waals surface area contributed by atoms with E-state index in [0.29, 0.717) is 11.5 Å². The summed E-state index contributed by atoms with van der Waals surface area (Å²) in [4.78, 5) is 21.3. The zero-order valence-electron chi connectivity index (χ0n) is 13.8. The summed E-state index contributed by atoms with van der Waals surface area (Å²) >= 11 is 9.98. The topological polar surface area (TPSA) is 74.6 Å². The third-order valence-electron chi connectivity index (χ3n) is 1.63. The Morgan fingerprint density at radius 3 is 1.45 bits per heavy atom. The summed E-state index contributed by atoms with van der Waals surface area (Å²) in [5.74, 6) is 1.08. The number of carbonyl (C=O) groups is 2. The van der Waals surface area contributed by atoms with Gasteiger partial charge in [0.25, 0.3) is 0 Å². The van der Waals surface area contributed by atoms with Crippen molar-refractivity contribution in [3.63, 3.8) is 0 Å². The number of rotatable bonds is 3. The van der Waals surface area contributed by atoms with Crippen LogP contribution in [-0.2, 0) is 9.59 Å². The standard InChI is InChI=1S/C7H14O2S.C5H9ClO.C2H6OS.CH4/c1-7(2,3)6(9)10-5-4-8;1-5(2,3)4(6)7;3-1-2-4;/h8H,4-5H2,1-3H3;1-3H3;3-4H,1-2H2;1H4. The molecular weight excluding hydrogens is 344 g/mol. The van der Waals surface area contributed by atoms with Crippen LogP contribution in [0, 0.1) is 10.8 Å². The van der Waals surface area contributed by atoms with Crippen LogP contribution >= 0.6 is 36.0 Å². The zero-order chi connectivity index (χ0) is 17.7. The SMILES string of the molecule is C.CC(C)(C)C(=O)Cl.CC(C)(C)C(=O)SCCO.OCCS. The number of thioether (sulfide) groups is 1. The number of hydrogen-bond acceptors (Lipinski definition) is 6. The van der Waals surface area contributed by atoms with Gasteiger partial charge in [-0.3, -0.25) is 9.59 Å². The maximum absolute atomic E-state index is 11.1. The quantitative estimate of drug-likeness (QED) is 0.518. The number of hydrogen-bond donors (Lipinski definition) is 3. The van der Waals surface area contributed by atoms with E-state index < -0.39 is 0 Å². The van der Waals surface area contributed by atoms with Gasteiger partial charge < -0.3 is 10.2 Å². The maximum atomic E-state index is 11.1. The summed E-state index contributed by atoms with van der Waals surface area (Å²) < 4.78 is 0. The number of thiol groups is 1. The minimum Gasteiger partial charge on any atom is -0.396 e. The maximum Gasteiger partial charge on any atom is 0.226 e. The molecule has 0 bridgehead atoms. The first-order valence-corrected chi connectivity index (χ1v) is 8.53.